The third-order valence-corrected chi connectivity index (χ3v) is 5.70. The molecule has 2 rings (SSSR count). The highest BCUT2D eigenvalue weighted by molar-refractivity contribution is 5.88. The minimum absolute atomic E-state index is 0.0163. The Labute approximate surface area is 183 Å². The van der Waals surface area contributed by atoms with Gasteiger partial charge in [-0.15, -0.1) is 0 Å². The normalized spacial score (nSPS) is 17.0. The van der Waals surface area contributed by atoms with Crippen LogP contribution in [0.3, 0.4) is 0 Å². The number of carboxylic acid groups (broad SMARTS) is 1. The zero-order chi connectivity index (χ0) is 22.7. The van der Waals surface area contributed by atoms with Crippen LogP contribution in [0.25, 0.3) is 0 Å². The highest BCUT2D eigenvalue weighted by Crippen LogP contribution is 2.43. The molecule has 0 saturated heterocycles. The predicted molar refractivity (Wildman–Crippen MR) is 113 cm³/mol. The summed E-state index contributed by atoms with van der Waals surface area (Å²) in [6.07, 6.45) is 3.04. The molecule has 2 unspecified atom stereocenters. The highest BCUT2D eigenvalue weighted by Gasteiger charge is 2.45. The molecule has 31 heavy (non-hydrogen) atoms. The van der Waals surface area contributed by atoms with Crippen LogP contribution in [0, 0.1) is 11.3 Å². The van der Waals surface area contributed by atoms with Crippen molar-refractivity contribution in [2.24, 2.45) is 11.3 Å². The predicted octanol–water partition coefficient (Wildman–Crippen LogP) is 2.55. The van der Waals surface area contributed by atoms with Crippen LogP contribution in [-0.2, 0) is 35.2 Å². The van der Waals surface area contributed by atoms with Gasteiger partial charge in [-0.1, -0.05) is 43.2 Å². The van der Waals surface area contributed by atoms with Crippen LogP contribution in [0.1, 0.15) is 44.6 Å². The van der Waals surface area contributed by atoms with Gasteiger partial charge in [0.05, 0.1) is 31.2 Å². The summed E-state index contributed by atoms with van der Waals surface area (Å²) in [5.41, 5.74) is 0.0428. The minimum Gasteiger partial charge on any atom is -0.481 e. The number of carboxylic acids is 1. The summed E-state index contributed by atoms with van der Waals surface area (Å²) in [6, 6.07) is 8.47. The smallest absolute Gasteiger partial charge is 0.328 e. The van der Waals surface area contributed by atoms with Crippen molar-refractivity contribution in [1.29, 1.82) is 0 Å². The van der Waals surface area contributed by atoms with E-state index in [0.717, 1.165) is 18.4 Å². The fourth-order valence-electron chi connectivity index (χ4n) is 3.90. The van der Waals surface area contributed by atoms with Gasteiger partial charge in [-0.05, 0) is 31.7 Å². The molecular formula is C23H33NO7. The quantitative estimate of drug-likeness (QED) is 0.362. The lowest BCUT2D eigenvalue weighted by molar-refractivity contribution is -0.151. The third-order valence-electron chi connectivity index (χ3n) is 5.70. The number of hydrogen-bond donors (Lipinski definition) is 2. The molecule has 0 aliphatic heterocycles. The maximum Gasteiger partial charge on any atom is 0.328 e. The lowest BCUT2D eigenvalue weighted by Crippen LogP contribution is -2.48. The van der Waals surface area contributed by atoms with Gasteiger partial charge in [-0.2, -0.15) is 0 Å². The van der Waals surface area contributed by atoms with E-state index in [0.29, 0.717) is 26.1 Å². The summed E-state index contributed by atoms with van der Waals surface area (Å²) in [5.74, 6) is -2.62. The fourth-order valence-corrected chi connectivity index (χ4v) is 3.90. The molecule has 1 aliphatic carbocycles. The Bertz CT molecular complexity index is 716. The Morgan fingerprint density at radius 3 is 2.42 bits per heavy atom. The van der Waals surface area contributed by atoms with E-state index < -0.39 is 29.3 Å². The van der Waals surface area contributed by atoms with Gasteiger partial charge < -0.3 is 24.6 Å². The molecular weight excluding hydrogens is 402 g/mol. The van der Waals surface area contributed by atoms with Crippen molar-refractivity contribution in [2.75, 3.05) is 26.9 Å². The van der Waals surface area contributed by atoms with Crippen molar-refractivity contribution in [3.8, 4) is 0 Å². The van der Waals surface area contributed by atoms with Crippen LogP contribution in [0.4, 0.5) is 0 Å². The van der Waals surface area contributed by atoms with E-state index in [-0.39, 0.29) is 25.5 Å². The minimum atomic E-state index is -0.994. The molecule has 0 spiro atoms. The molecule has 2 atom stereocenters. The summed E-state index contributed by atoms with van der Waals surface area (Å²) in [6.45, 7) is 2.40. The molecule has 8 heteroatoms. The zero-order valence-corrected chi connectivity index (χ0v) is 18.3. The standard InChI is InChI=1S/C23H33NO7/c1-17(21(27)31-15-18-8-4-3-5-9-18)24-22(28)23(10-6-7-11-23)14-19(20(25)26)16-30-13-12-29-2/h3-5,8-9,17,19H,6-7,10-16H2,1-2H3,(H,24,28)(H,25,26). The van der Waals surface area contributed by atoms with Crippen LogP contribution in [0.15, 0.2) is 30.3 Å². The molecule has 0 bridgehead atoms. The van der Waals surface area contributed by atoms with E-state index in [1.807, 2.05) is 30.3 Å². The Morgan fingerprint density at radius 1 is 1.13 bits per heavy atom. The van der Waals surface area contributed by atoms with Crippen molar-refractivity contribution in [2.45, 2.75) is 51.7 Å². The number of methoxy groups -OCH3 is 1. The van der Waals surface area contributed by atoms with Gasteiger partial charge in [-0.3, -0.25) is 9.59 Å². The number of ether oxygens (including phenoxy) is 3. The van der Waals surface area contributed by atoms with Crippen molar-refractivity contribution in [3.63, 3.8) is 0 Å². The number of rotatable bonds is 13. The highest BCUT2D eigenvalue weighted by atomic mass is 16.5. The van der Waals surface area contributed by atoms with Gasteiger partial charge in [0.15, 0.2) is 0 Å². The molecule has 1 aromatic carbocycles. The van der Waals surface area contributed by atoms with Crippen molar-refractivity contribution >= 4 is 17.8 Å². The molecule has 1 amide bonds. The Morgan fingerprint density at radius 2 is 1.81 bits per heavy atom. The van der Waals surface area contributed by atoms with Crippen molar-refractivity contribution in [3.05, 3.63) is 35.9 Å². The molecule has 8 nitrogen and oxygen atoms in total. The average molecular weight is 436 g/mol. The lowest BCUT2D eigenvalue weighted by Gasteiger charge is -2.31. The van der Waals surface area contributed by atoms with Crippen LogP contribution >= 0.6 is 0 Å². The molecule has 0 radical (unpaired) electrons. The first-order valence-corrected chi connectivity index (χ1v) is 10.7. The number of esters is 1. The molecule has 0 heterocycles. The topological polar surface area (TPSA) is 111 Å². The van der Waals surface area contributed by atoms with Gasteiger partial charge in [0.2, 0.25) is 5.91 Å². The zero-order valence-electron chi connectivity index (χ0n) is 18.3. The third kappa shape index (κ3) is 7.63. The molecule has 1 aliphatic rings. The first-order chi connectivity index (χ1) is 14.9. The second-order valence-corrected chi connectivity index (χ2v) is 8.08. The number of amides is 1. The summed E-state index contributed by atoms with van der Waals surface area (Å²) in [4.78, 5) is 37.2. The molecule has 1 aromatic rings. The molecule has 1 fully saturated rings. The van der Waals surface area contributed by atoms with Crippen molar-refractivity contribution < 1.29 is 33.7 Å². The number of carbonyl (C=O) groups excluding carboxylic acids is 2. The Kier molecular flexibility index (Phi) is 9.94. The Balaban J connectivity index is 1.94. The Hall–Kier alpha value is -2.45. The van der Waals surface area contributed by atoms with Crippen molar-refractivity contribution in [1.82, 2.24) is 5.32 Å². The maximum atomic E-state index is 13.1. The van der Waals surface area contributed by atoms with Gasteiger partial charge in [0.1, 0.15) is 12.6 Å². The van der Waals surface area contributed by atoms with Crippen LogP contribution < -0.4 is 5.32 Å². The van der Waals surface area contributed by atoms with Crippen LogP contribution in [0.2, 0.25) is 0 Å². The first kappa shape index (κ1) is 24.8. The molecule has 2 N–H and O–H groups in total. The van der Waals surface area contributed by atoms with Gasteiger partial charge in [0, 0.05) is 7.11 Å². The van der Waals surface area contributed by atoms with Gasteiger partial charge in [0.25, 0.3) is 0 Å². The molecule has 0 aromatic heterocycles. The SMILES string of the molecule is COCCOCC(CC1(C(=O)NC(C)C(=O)OCc2ccccc2)CCCC1)C(=O)O. The summed E-state index contributed by atoms with van der Waals surface area (Å²) < 4.78 is 15.6. The van der Waals surface area contributed by atoms with Crippen LogP contribution in [0.5, 0.6) is 0 Å². The first-order valence-electron chi connectivity index (χ1n) is 10.7. The molecule has 172 valence electrons. The number of carbonyl (C=O) groups is 3. The maximum absolute atomic E-state index is 13.1. The van der Waals surface area contributed by atoms with Gasteiger partial charge in [-0.25, -0.2) is 4.79 Å². The summed E-state index contributed by atoms with van der Waals surface area (Å²) in [7, 11) is 1.54. The molecule has 1 saturated carbocycles. The van der Waals surface area contributed by atoms with Gasteiger partial charge >= 0.3 is 11.9 Å². The number of benzene rings is 1. The van der Waals surface area contributed by atoms with E-state index in [4.69, 9.17) is 14.2 Å². The van der Waals surface area contributed by atoms with E-state index in [9.17, 15) is 19.5 Å². The van der Waals surface area contributed by atoms with E-state index in [1.54, 1.807) is 14.0 Å². The summed E-state index contributed by atoms with van der Waals surface area (Å²) in [5, 5.41) is 12.4. The van der Waals surface area contributed by atoms with E-state index in [2.05, 4.69) is 5.32 Å². The average Bonchev–Trinajstić information content (AvgIpc) is 3.24. The number of hydrogen-bond acceptors (Lipinski definition) is 6. The van der Waals surface area contributed by atoms with E-state index >= 15 is 0 Å². The van der Waals surface area contributed by atoms with E-state index in [1.165, 1.54) is 0 Å². The second-order valence-electron chi connectivity index (χ2n) is 8.08. The number of aliphatic carboxylic acids is 1. The monoisotopic (exact) mass is 435 g/mol. The summed E-state index contributed by atoms with van der Waals surface area (Å²) >= 11 is 0. The van der Waals surface area contributed by atoms with Crippen LogP contribution in [-0.4, -0.2) is 55.9 Å². The number of nitrogens with one attached hydrogen (secondary N) is 1. The largest absolute Gasteiger partial charge is 0.481 e. The lowest BCUT2D eigenvalue weighted by atomic mass is 9.76. The second kappa shape index (κ2) is 12.4. The fraction of sp³-hybridized carbons (Fsp3) is 0.609.